The van der Waals surface area contributed by atoms with Gasteiger partial charge in [0.2, 0.25) is 5.78 Å². The van der Waals surface area contributed by atoms with Crippen molar-refractivity contribution in [2.24, 2.45) is 5.73 Å². The number of aliphatic hydroxyl groups excluding tert-OH is 2. The summed E-state index contributed by atoms with van der Waals surface area (Å²) in [5.74, 6) is -3.77. The van der Waals surface area contributed by atoms with Gasteiger partial charge in [-0.05, 0) is 13.0 Å². The molecule has 0 saturated carbocycles. The standard InChI is InChI=1S/C27H29NO11/c1-10-22(31)13(28)6-17(38-10)39-15-8-27(36,16(30)9-29)7-12-19(15)26(35)21-20(24(12)33)23(32)11-4-3-5-14(37-2)18(11)25(21)34/h3-5,10,13,15,17,22,29,31,33,35-36H,6-9,28H2,1-2H3/t10-,13-,15-,17+,22-,27+/m0/s1. The van der Waals surface area contributed by atoms with E-state index in [1.807, 2.05) is 0 Å². The van der Waals surface area contributed by atoms with Crippen molar-refractivity contribution in [1.82, 2.24) is 0 Å². The maximum atomic E-state index is 13.6. The first-order chi connectivity index (χ1) is 18.4. The van der Waals surface area contributed by atoms with Gasteiger partial charge in [0.15, 0.2) is 17.9 Å². The number of carbonyl (C=O) groups excluding carboxylic acids is 3. The molecule has 208 valence electrons. The molecular formula is C27H29NO11. The van der Waals surface area contributed by atoms with Crippen LogP contribution in [0.2, 0.25) is 0 Å². The van der Waals surface area contributed by atoms with Crippen LogP contribution in [0.4, 0.5) is 0 Å². The van der Waals surface area contributed by atoms with Crippen LogP contribution in [0.1, 0.15) is 68.8 Å². The van der Waals surface area contributed by atoms with Crippen LogP contribution >= 0.6 is 0 Å². The average Bonchev–Trinajstić information content (AvgIpc) is 2.90. The second-order valence-corrected chi connectivity index (χ2v) is 10.2. The highest BCUT2D eigenvalue weighted by Crippen LogP contribution is 2.52. The first kappa shape index (κ1) is 27.2. The van der Waals surface area contributed by atoms with Crippen LogP contribution in [0.25, 0.3) is 0 Å². The summed E-state index contributed by atoms with van der Waals surface area (Å²) in [6, 6.07) is 3.64. The number of ether oxygens (including phenoxy) is 3. The molecule has 0 bridgehead atoms. The Morgan fingerprint density at radius 3 is 2.49 bits per heavy atom. The van der Waals surface area contributed by atoms with Gasteiger partial charge < -0.3 is 45.5 Å². The number of hydrogen-bond donors (Lipinski definition) is 6. The van der Waals surface area contributed by atoms with E-state index >= 15 is 0 Å². The minimum atomic E-state index is -2.24. The number of rotatable bonds is 5. The normalized spacial score (nSPS) is 29.8. The van der Waals surface area contributed by atoms with E-state index in [4.69, 9.17) is 19.9 Å². The second-order valence-electron chi connectivity index (χ2n) is 10.2. The van der Waals surface area contributed by atoms with E-state index in [2.05, 4.69) is 0 Å². The van der Waals surface area contributed by atoms with Crippen LogP contribution in [0.3, 0.4) is 0 Å². The van der Waals surface area contributed by atoms with E-state index in [0.29, 0.717) is 0 Å². The number of phenolic OH excluding ortho intramolecular Hbond substituents is 2. The van der Waals surface area contributed by atoms with Crippen LogP contribution in [0.5, 0.6) is 17.2 Å². The van der Waals surface area contributed by atoms with E-state index in [1.165, 1.54) is 25.3 Å². The van der Waals surface area contributed by atoms with E-state index in [0.717, 1.165) is 0 Å². The Hall–Kier alpha value is -3.39. The van der Waals surface area contributed by atoms with Crippen LogP contribution in [0.15, 0.2) is 18.2 Å². The third-order valence-corrected chi connectivity index (χ3v) is 7.81. The van der Waals surface area contributed by atoms with Gasteiger partial charge in [-0.3, -0.25) is 14.4 Å². The molecular weight excluding hydrogens is 514 g/mol. The number of phenols is 2. The van der Waals surface area contributed by atoms with E-state index in [1.54, 1.807) is 6.92 Å². The summed E-state index contributed by atoms with van der Waals surface area (Å²) in [6.07, 6.45) is -5.12. The predicted octanol–water partition coefficient (Wildman–Crippen LogP) is 0.00130. The third kappa shape index (κ3) is 4.11. The lowest BCUT2D eigenvalue weighted by Gasteiger charge is -2.42. The Morgan fingerprint density at radius 1 is 1.15 bits per heavy atom. The van der Waals surface area contributed by atoms with Crippen molar-refractivity contribution in [1.29, 1.82) is 0 Å². The Labute approximate surface area is 222 Å². The zero-order valence-corrected chi connectivity index (χ0v) is 21.2. The predicted molar refractivity (Wildman–Crippen MR) is 132 cm³/mol. The molecule has 5 rings (SSSR count). The smallest absolute Gasteiger partial charge is 0.202 e. The molecule has 0 radical (unpaired) electrons. The molecule has 0 spiro atoms. The molecule has 39 heavy (non-hydrogen) atoms. The number of benzene rings is 2. The maximum absolute atomic E-state index is 13.6. The lowest BCUT2D eigenvalue weighted by atomic mass is 9.72. The highest BCUT2D eigenvalue weighted by Gasteiger charge is 2.50. The number of ketones is 3. The fourth-order valence-electron chi connectivity index (χ4n) is 5.75. The number of Topliss-reactive ketones (excluding diaryl/α,β-unsaturated/α-hetero) is 1. The lowest BCUT2D eigenvalue weighted by molar-refractivity contribution is -0.247. The number of aliphatic hydroxyl groups is 3. The van der Waals surface area contributed by atoms with Gasteiger partial charge in [0.05, 0.1) is 42.1 Å². The van der Waals surface area contributed by atoms with Gasteiger partial charge in [-0.1, -0.05) is 12.1 Å². The van der Waals surface area contributed by atoms with Crippen LogP contribution in [0, 0.1) is 0 Å². The third-order valence-electron chi connectivity index (χ3n) is 7.81. The summed E-state index contributed by atoms with van der Waals surface area (Å²) in [6.45, 7) is 0.560. The fourth-order valence-corrected chi connectivity index (χ4v) is 5.75. The highest BCUT2D eigenvalue weighted by atomic mass is 16.7. The monoisotopic (exact) mass is 543 g/mol. The summed E-state index contributed by atoms with van der Waals surface area (Å²) in [5, 5.41) is 53.7. The summed E-state index contributed by atoms with van der Waals surface area (Å²) in [7, 11) is 1.32. The minimum absolute atomic E-state index is 0.0173. The largest absolute Gasteiger partial charge is 0.507 e. The topological polar surface area (TPSA) is 206 Å². The van der Waals surface area contributed by atoms with Gasteiger partial charge in [0.25, 0.3) is 0 Å². The fraction of sp³-hybridized carbons (Fsp3) is 0.444. The molecule has 0 aromatic heterocycles. The number of methoxy groups -OCH3 is 1. The molecule has 7 N–H and O–H groups in total. The molecule has 0 amide bonds. The second kappa shape index (κ2) is 9.66. The molecule has 2 aromatic rings. The SMILES string of the molecule is COc1cccc2c1C(=O)c1c(O)c3c(c(O)c1C2=O)C[C@](O)(C(=O)CO)C[C@@H]3O[C@@H]1C[C@H](N)[C@@H](O)[C@H](C)O1. The Bertz CT molecular complexity index is 1380. The molecule has 0 unspecified atom stereocenters. The first-order valence-electron chi connectivity index (χ1n) is 12.4. The summed E-state index contributed by atoms with van der Waals surface area (Å²) in [4.78, 5) is 39.7. The maximum Gasteiger partial charge on any atom is 0.202 e. The molecule has 2 aromatic carbocycles. The molecule has 1 fully saturated rings. The van der Waals surface area contributed by atoms with Crippen LogP contribution < -0.4 is 10.5 Å². The van der Waals surface area contributed by atoms with Gasteiger partial charge in [0.1, 0.15) is 29.5 Å². The Morgan fingerprint density at radius 2 is 1.85 bits per heavy atom. The molecule has 1 saturated heterocycles. The summed E-state index contributed by atoms with van der Waals surface area (Å²) >= 11 is 0. The zero-order valence-electron chi connectivity index (χ0n) is 21.2. The van der Waals surface area contributed by atoms with E-state index in [-0.39, 0.29) is 34.4 Å². The van der Waals surface area contributed by atoms with Crippen molar-refractivity contribution in [3.63, 3.8) is 0 Å². The molecule has 6 atom stereocenters. The number of carbonyl (C=O) groups is 3. The molecule has 1 aliphatic heterocycles. The van der Waals surface area contributed by atoms with E-state index < -0.39 is 95.7 Å². The van der Waals surface area contributed by atoms with Crippen molar-refractivity contribution in [2.75, 3.05) is 13.7 Å². The van der Waals surface area contributed by atoms with Crippen LogP contribution in [-0.2, 0) is 20.7 Å². The highest BCUT2D eigenvalue weighted by molar-refractivity contribution is 6.31. The first-order valence-corrected chi connectivity index (χ1v) is 12.4. The van der Waals surface area contributed by atoms with Crippen molar-refractivity contribution in [3.8, 4) is 17.2 Å². The minimum Gasteiger partial charge on any atom is -0.507 e. The van der Waals surface area contributed by atoms with Gasteiger partial charge in [0, 0.05) is 42.0 Å². The molecule has 3 aliphatic rings. The van der Waals surface area contributed by atoms with Crippen molar-refractivity contribution in [3.05, 3.63) is 51.6 Å². The zero-order chi connectivity index (χ0) is 28.4. The van der Waals surface area contributed by atoms with Crippen LogP contribution in [-0.4, -0.2) is 86.7 Å². The van der Waals surface area contributed by atoms with Crippen molar-refractivity contribution < 1.29 is 54.1 Å². The number of hydrogen-bond acceptors (Lipinski definition) is 12. The number of fused-ring (bicyclic) bond motifs is 3. The molecule has 12 nitrogen and oxygen atoms in total. The lowest BCUT2D eigenvalue weighted by Crippen LogP contribution is -2.53. The van der Waals surface area contributed by atoms with E-state index in [9.17, 15) is 39.9 Å². The number of aromatic hydroxyl groups is 2. The van der Waals surface area contributed by atoms with Gasteiger partial charge in [-0.15, -0.1) is 0 Å². The molecule has 2 aliphatic carbocycles. The Kier molecular flexibility index (Phi) is 6.74. The summed E-state index contributed by atoms with van der Waals surface area (Å²) in [5.41, 5.74) is 2.37. The van der Waals surface area contributed by atoms with Gasteiger partial charge >= 0.3 is 0 Å². The van der Waals surface area contributed by atoms with Gasteiger partial charge in [-0.25, -0.2) is 0 Å². The summed E-state index contributed by atoms with van der Waals surface area (Å²) < 4.78 is 17.0. The van der Waals surface area contributed by atoms with Crippen molar-refractivity contribution in [2.45, 2.75) is 62.4 Å². The quantitative estimate of drug-likeness (QED) is 0.235. The van der Waals surface area contributed by atoms with Gasteiger partial charge in [-0.2, -0.15) is 0 Å². The number of nitrogens with two attached hydrogens (primary N) is 1. The average molecular weight is 544 g/mol. The molecule has 1 heterocycles. The Balaban J connectivity index is 1.69. The molecule has 12 heteroatoms. The van der Waals surface area contributed by atoms with Crippen molar-refractivity contribution >= 4 is 17.3 Å².